The number of carbonyl (C=O) groups excluding carboxylic acids is 2. The molecule has 9 heteroatoms. The summed E-state index contributed by atoms with van der Waals surface area (Å²) in [7, 11) is -3.61. The van der Waals surface area contributed by atoms with Gasteiger partial charge >= 0.3 is 6.09 Å². The number of amides is 2. The molecular weight excluding hydrogens is 370 g/mol. The molecule has 1 rings (SSSR count). The molecule has 0 aliphatic heterocycles. The van der Waals surface area contributed by atoms with E-state index >= 15 is 0 Å². The standard InChI is InChI=1S/C18H27N3O5S/c1-18(2,3)26-17(23)20-13-12-19-16(22)9-11-21-27(24,25)14-10-15-7-5-4-6-8-15/h4-8,10,14,21H,9,11-13H2,1-3H3,(H,19,22)(H,20,23)/b14-10+. The lowest BCUT2D eigenvalue weighted by Crippen LogP contribution is -2.38. The summed E-state index contributed by atoms with van der Waals surface area (Å²) in [6.45, 7) is 5.68. The molecule has 0 aliphatic carbocycles. The number of ether oxygens (including phenoxy) is 1. The predicted octanol–water partition coefficient (Wildman–Crippen LogP) is 1.61. The fourth-order valence-electron chi connectivity index (χ4n) is 1.86. The molecule has 8 nitrogen and oxygen atoms in total. The van der Waals surface area contributed by atoms with E-state index < -0.39 is 21.7 Å². The number of alkyl carbamates (subject to hydrolysis) is 1. The highest BCUT2D eigenvalue weighted by atomic mass is 32.2. The van der Waals surface area contributed by atoms with E-state index in [1.54, 1.807) is 32.9 Å². The fraction of sp³-hybridized carbons (Fsp3) is 0.444. The van der Waals surface area contributed by atoms with Crippen molar-refractivity contribution in [2.45, 2.75) is 32.8 Å². The first-order valence-corrected chi connectivity index (χ1v) is 10.1. The van der Waals surface area contributed by atoms with E-state index in [0.29, 0.717) is 0 Å². The molecule has 0 aliphatic rings. The van der Waals surface area contributed by atoms with Gasteiger partial charge in [0.1, 0.15) is 5.60 Å². The van der Waals surface area contributed by atoms with E-state index in [4.69, 9.17) is 4.74 Å². The lowest BCUT2D eigenvalue weighted by molar-refractivity contribution is -0.120. The molecule has 150 valence electrons. The van der Waals surface area contributed by atoms with E-state index in [2.05, 4.69) is 15.4 Å². The first-order chi connectivity index (χ1) is 12.6. The van der Waals surface area contributed by atoms with Crippen molar-refractivity contribution in [2.24, 2.45) is 0 Å². The first-order valence-electron chi connectivity index (χ1n) is 8.54. The van der Waals surface area contributed by atoms with Gasteiger partial charge in [-0.15, -0.1) is 0 Å². The molecule has 1 aromatic carbocycles. The third kappa shape index (κ3) is 11.8. The van der Waals surface area contributed by atoms with Gasteiger partial charge in [0.15, 0.2) is 0 Å². The number of carbonyl (C=O) groups is 2. The monoisotopic (exact) mass is 397 g/mol. The van der Waals surface area contributed by atoms with Crippen molar-refractivity contribution in [1.82, 2.24) is 15.4 Å². The van der Waals surface area contributed by atoms with Crippen LogP contribution >= 0.6 is 0 Å². The second-order valence-corrected chi connectivity index (χ2v) is 8.33. The average molecular weight is 397 g/mol. The van der Waals surface area contributed by atoms with E-state index in [1.807, 2.05) is 18.2 Å². The molecule has 0 aromatic heterocycles. The van der Waals surface area contributed by atoms with E-state index in [-0.39, 0.29) is 32.0 Å². The van der Waals surface area contributed by atoms with Gasteiger partial charge in [-0.3, -0.25) is 4.79 Å². The Bertz CT molecular complexity index is 740. The molecule has 0 unspecified atom stereocenters. The number of hydrogen-bond acceptors (Lipinski definition) is 5. The normalized spacial score (nSPS) is 12.0. The minimum atomic E-state index is -3.61. The van der Waals surface area contributed by atoms with E-state index in [1.165, 1.54) is 6.08 Å². The Balaban J connectivity index is 2.21. The van der Waals surface area contributed by atoms with Crippen LogP contribution in [0.4, 0.5) is 4.79 Å². The van der Waals surface area contributed by atoms with Crippen LogP contribution < -0.4 is 15.4 Å². The van der Waals surface area contributed by atoms with Crippen molar-refractivity contribution < 1.29 is 22.7 Å². The summed E-state index contributed by atoms with van der Waals surface area (Å²) in [5.41, 5.74) is 0.178. The molecule has 0 heterocycles. The molecule has 0 bridgehead atoms. The van der Waals surface area contributed by atoms with Gasteiger partial charge < -0.3 is 15.4 Å². The first kappa shape index (κ1) is 22.7. The van der Waals surface area contributed by atoms with Crippen molar-refractivity contribution in [2.75, 3.05) is 19.6 Å². The number of rotatable bonds is 9. The van der Waals surface area contributed by atoms with Crippen LogP contribution in [0, 0.1) is 0 Å². The summed E-state index contributed by atoms with van der Waals surface area (Å²) in [6.07, 6.45) is 0.907. The third-order valence-electron chi connectivity index (χ3n) is 3.01. The molecule has 0 radical (unpaired) electrons. The smallest absolute Gasteiger partial charge is 0.407 e. The zero-order valence-electron chi connectivity index (χ0n) is 15.8. The number of benzene rings is 1. The Labute approximate surface area is 160 Å². The Hall–Kier alpha value is -2.39. The van der Waals surface area contributed by atoms with E-state index in [9.17, 15) is 18.0 Å². The molecule has 0 saturated heterocycles. The van der Waals surface area contributed by atoms with Crippen LogP contribution in [0.15, 0.2) is 35.7 Å². The second kappa shape index (κ2) is 10.7. The van der Waals surface area contributed by atoms with Crippen LogP contribution in [-0.2, 0) is 19.6 Å². The summed E-state index contributed by atoms with van der Waals surface area (Å²) >= 11 is 0. The van der Waals surface area contributed by atoms with Crippen molar-refractivity contribution in [3.63, 3.8) is 0 Å². The molecule has 0 atom stereocenters. The van der Waals surface area contributed by atoms with Crippen molar-refractivity contribution in [3.05, 3.63) is 41.3 Å². The Morgan fingerprint density at radius 3 is 2.30 bits per heavy atom. The van der Waals surface area contributed by atoms with Gasteiger partial charge in [-0.1, -0.05) is 30.3 Å². The van der Waals surface area contributed by atoms with E-state index in [0.717, 1.165) is 11.0 Å². The maximum Gasteiger partial charge on any atom is 0.407 e. The van der Waals surface area contributed by atoms with Gasteiger partial charge in [0, 0.05) is 31.5 Å². The van der Waals surface area contributed by atoms with Crippen LogP contribution in [0.1, 0.15) is 32.8 Å². The zero-order valence-corrected chi connectivity index (χ0v) is 16.6. The number of hydrogen-bond donors (Lipinski definition) is 3. The van der Waals surface area contributed by atoms with Crippen LogP contribution in [0.2, 0.25) is 0 Å². The van der Waals surface area contributed by atoms with Crippen molar-refractivity contribution in [1.29, 1.82) is 0 Å². The summed E-state index contributed by atoms with van der Waals surface area (Å²) in [6, 6.07) is 9.02. The summed E-state index contributed by atoms with van der Waals surface area (Å²) in [4.78, 5) is 23.1. The summed E-state index contributed by atoms with van der Waals surface area (Å²) in [5, 5.41) is 6.15. The van der Waals surface area contributed by atoms with Gasteiger partial charge in [0.05, 0.1) is 0 Å². The SMILES string of the molecule is CC(C)(C)OC(=O)NCCNC(=O)CCNS(=O)(=O)/C=C/c1ccccc1. The number of nitrogens with one attached hydrogen (secondary N) is 3. The van der Waals surface area contributed by atoms with Gasteiger partial charge in [-0.2, -0.15) is 0 Å². The molecule has 0 saturated carbocycles. The predicted molar refractivity (Wildman–Crippen MR) is 104 cm³/mol. The van der Waals surface area contributed by atoms with Crippen LogP contribution in [0.3, 0.4) is 0 Å². The van der Waals surface area contributed by atoms with Crippen LogP contribution in [0.5, 0.6) is 0 Å². The van der Waals surface area contributed by atoms with Crippen LogP contribution in [-0.4, -0.2) is 45.7 Å². The Kier molecular flexibility index (Phi) is 8.96. The topological polar surface area (TPSA) is 114 Å². The summed E-state index contributed by atoms with van der Waals surface area (Å²) in [5.74, 6) is -0.323. The molecule has 1 aromatic rings. The van der Waals surface area contributed by atoms with Gasteiger partial charge in [-0.25, -0.2) is 17.9 Å². The lowest BCUT2D eigenvalue weighted by atomic mass is 10.2. The molecular formula is C18H27N3O5S. The molecule has 0 spiro atoms. The molecule has 27 heavy (non-hydrogen) atoms. The fourth-order valence-corrected chi connectivity index (χ4v) is 2.68. The Morgan fingerprint density at radius 1 is 1.04 bits per heavy atom. The Morgan fingerprint density at radius 2 is 1.67 bits per heavy atom. The highest BCUT2D eigenvalue weighted by molar-refractivity contribution is 7.92. The molecule has 3 N–H and O–H groups in total. The van der Waals surface area contributed by atoms with Gasteiger partial charge in [-0.05, 0) is 32.4 Å². The quantitative estimate of drug-likeness (QED) is 0.548. The van der Waals surface area contributed by atoms with Gasteiger partial charge in [0.2, 0.25) is 15.9 Å². The maximum absolute atomic E-state index is 11.8. The second-order valence-electron chi connectivity index (χ2n) is 6.68. The average Bonchev–Trinajstić information content (AvgIpc) is 2.56. The molecule has 2 amide bonds. The zero-order chi connectivity index (χ0) is 20.3. The lowest BCUT2D eigenvalue weighted by Gasteiger charge is -2.19. The summed E-state index contributed by atoms with van der Waals surface area (Å²) < 4.78 is 31.1. The minimum Gasteiger partial charge on any atom is -0.444 e. The van der Waals surface area contributed by atoms with Crippen molar-refractivity contribution in [3.8, 4) is 0 Å². The third-order valence-corrected chi connectivity index (χ3v) is 4.11. The maximum atomic E-state index is 11.8. The van der Waals surface area contributed by atoms with Crippen LogP contribution in [0.25, 0.3) is 6.08 Å². The molecule has 0 fully saturated rings. The highest BCUT2D eigenvalue weighted by Crippen LogP contribution is 2.06. The largest absolute Gasteiger partial charge is 0.444 e. The van der Waals surface area contributed by atoms with Gasteiger partial charge in [0.25, 0.3) is 0 Å². The number of sulfonamides is 1. The van der Waals surface area contributed by atoms with Crippen molar-refractivity contribution >= 4 is 28.1 Å². The minimum absolute atomic E-state index is 0.00908. The highest BCUT2D eigenvalue weighted by Gasteiger charge is 2.15.